The van der Waals surface area contributed by atoms with Gasteiger partial charge in [0.05, 0.1) is 17.0 Å². The van der Waals surface area contributed by atoms with Gasteiger partial charge in [-0.15, -0.1) is 0 Å². The lowest BCUT2D eigenvalue weighted by molar-refractivity contribution is -0.255. The second-order valence-electron chi connectivity index (χ2n) is 6.23. The molecule has 0 atom stereocenters. The summed E-state index contributed by atoms with van der Waals surface area (Å²) < 4.78 is 1.59. The average molecular weight is 347 g/mol. The van der Waals surface area contributed by atoms with Crippen LogP contribution in [0.4, 0.5) is 0 Å². The quantitative estimate of drug-likeness (QED) is 0.727. The third kappa shape index (κ3) is 3.28. The Morgan fingerprint density at radius 3 is 2.62 bits per heavy atom. The van der Waals surface area contributed by atoms with Crippen LogP contribution < -0.4 is 10.7 Å². The number of carboxylic acids is 1. The van der Waals surface area contributed by atoms with Crippen LogP contribution in [0.15, 0.2) is 41.2 Å². The second kappa shape index (κ2) is 6.96. The Morgan fingerprint density at radius 1 is 1.15 bits per heavy atom. The van der Waals surface area contributed by atoms with Crippen LogP contribution in [0.1, 0.15) is 39.7 Å². The highest BCUT2D eigenvalue weighted by molar-refractivity contribution is 5.91. The van der Waals surface area contributed by atoms with E-state index in [1.807, 2.05) is 45.0 Å². The fourth-order valence-corrected chi connectivity index (χ4v) is 2.92. The molecular formula is C21H19N2O3-. The molecular weight excluding hydrogens is 328 g/mol. The largest absolute Gasteiger partial charge is 0.545 e. The molecule has 0 fully saturated rings. The molecule has 1 heterocycles. The number of fused-ring (bicyclic) bond motifs is 1. The Labute approximate surface area is 151 Å². The number of carboxylic acid groups (broad SMARTS) is 1. The smallest absolute Gasteiger partial charge is 0.276 e. The van der Waals surface area contributed by atoms with Crippen LogP contribution >= 0.6 is 0 Å². The third-order valence-corrected chi connectivity index (χ3v) is 4.38. The van der Waals surface area contributed by atoms with Gasteiger partial charge in [-0.05, 0) is 55.7 Å². The summed E-state index contributed by atoms with van der Waals surface area (Å²) in [7, 11) is 0. The Bertz CT molecular complexity index is 1090. The number of nitrogens with zero attached hydrogens (tertiary/aromatic N) is 2. The number of carbonyl (C=O) groups excluding carboxylic acids is 1. The van der Waals surface area contributed by atoms with Gasteiger partial charge in [0, 0.05) is 6.54 Å². The Hall–Kier alpha value is -3.21. The molecule has 0 saturated heterocycles. The highest BCUT2D eigenvalue weighted by atomic mass is 16.4. The topological polar surface area (TPSA) is 75.0 Å². The van der Waals surface area contributed by atoms with Crippen molar-refractivity contribution < 1.29 is 9.90 Å². The Kier molecular flexibility index (Phi) is 4.71. The summed E-state index contributed by atoms with van der Waals surface area (Å²) in [6.07, 6.45) is 3.54. The summed E-state index contributed by atoms with van der Waals surface area (Å²) in [6, 6.07) is 10.6. The van der Waals surface area contributed by atoms with Crippen LogP contribution in [0.5, 0.6) is 0 Å². The molecule has 0 aliphatic rings. The predicted molar refractivity (Wildman–Crippen MR) is 101 cm³/mol. The number of benzene rings is 2. The molecule has 132 valence electrons. The molecule has 0 aliphatic carbocycles. The van der Waals surface area contributed by atoms with Gasteiger partial charge in [0.1, 0.15) is 5.69 Å². The molecule has 5 heteroatoms. The van der Waals surface area contributed by atoms with E-state index < -0.39 is 5.97 Å². The van der Waals surface area contributed by atoms with Crippen molar-refractivity contribution in [2.24, 2.45) is 0 Å². The highest BCUT2D eigenvalue weighted by Crippen LogP contribution is 2.16. The monoisotopic (exact) mass is 347 g/mol. The molecule has 0 bridgehead atoms. The maximum atomic E-state index is 12.7. The van der Waals surface area contributed by atoms with E-state index in [0.29, 0.717) is 17.6 Å². The first-order chi connectivity index (χ1) is 12.4. The number of aromatic carboxylic acids is 1. The van der Waals surface area contributed by atoms with Gasteiger partial charge in [-0.25, -0.2) is 4.98 Å². The van der Waals surface area contributed by atoms with E-state index in [1.54, 1.807) is 16.7 Å². The molecule has 0 radical (unpaired) electrons. The number of rotatable bonds is 4. The number of aromatic nitrogens is 2. The van der Waals surface area contributed by atoms with E-state index in [9.17, 15) is 14.7 Å². The predicted octanol–water partition coefficient (Wildman–Crippen LogP) is 2.57. The van der Waals surface area contributed by atoms with Crippen molar-refractivity contribution in [3.63, 3.8) is 0 Å². The van der Waals surface area contributed by atoms with Gasteiger partial charge in [0.25, 0.3) is 5.56 Å². The van der Waals surface area contributed by atoms with E-state index in [0.717, 1.165) is 16.7 Å². The lowest BCUT2D eigenvalue weighted by Crippen LogP contribution is -2.25. The first-order valence-electron chi connectivity index (χ1n) is 8.42. The van der Waals surface area contributed by atoms with Crippen LogP contribution in [0.25, 0.3) is 23.2 Å². The minimum Gasteiger partial charge on any atom is -0.545 e. The molecule has 1 aromatic heterocycles. The summed E-state index contributed by atoms with van der Waals surface area (Å²) in [5, 5.41) is 11.1. The molecule has 0 saturated carbocycles. The number of aryl methyl sites for hydroxylation is 3. The van der Waals surface area contributed by atoms with Crippen molar-refractivity contribution >= 4 is 29.2 Å². The number of hydrogen-bond acceptors (Lipinski definition) is 4. The van der Waals surface area contributed by atoms with Crippen LogP contribution in [0.3, 0.4) is 0 Å². The molecule has 2 aromatic carbocycles. The van der Waals surface area contributed by atoms with E-state index in [1.165, 1.54) is 12.1 Å². The maximum absolute atomic E-state index is 12.7. The van der Waals surface area contributed by atoms with Gasteiger partial charge in [0.2, 0.25) is 0 Å². The van der Waals surface area contributed by atoms with Crippen molar-refractivity contribution in [2.45, 2.75) is 27.3 Å². The van der Waals surface area contributed by atoms with Crippen molar-refractivity contribution in [3.8, 4) is 0 Å². The van der Waals surface area contributed by atoms with Gasteiger partial charge in [-0.2, -0.15) is 0 Å². The van der Waals surface area contributed by atoms with Gasteiger partial charge in [0.15, 0.2) is 0 Å². The molecule has 0 N–H and O–H groups in total. The molecule has 0 unspecified atom stereocenters. The van der Waals surface area contributed by atoms with E-state index in [4.69, 9.17) is 0 Å². The summed E-state index contributed by atoms with van der Waals surface area (Å²) in [5.41, 5.74) is 4.40. The summed E-state index contributed by atoms with van der Waals surface area (Å²) in [5.74, 6) is -1.27. The molecule has 0 spiro atoms. The van der Waals surface area contributed by atoms with Gasteiger partial charge in [-0.3, -0.25) is 4.79 Å². The van der Waals surface area contributed by atoms with Crippen molar-refractivity contribution in [1.82, 2.24) is 9.55 Å². The van der Waals surface area contributed by atoms with Crippen LogP contribution in [0.2, 0.25) is 0 Å². The molecule has 3 rings (SSSR count). The lowest BCUT2D eigenvalue weighted by Gasteiger charge is -2.11. The van der Waals surface area contributed by atoms with Crippen LogP contribution in [-0.4, -0.2) is 15.5 Å². The minimum absolute atomic E-state index is 0.0377. The third-order valence-electron chi connectivity index (χ3n) is 4.38. The first-order valence-corrected chi connectivity index (χ1v) is 8.42. The van der Waals surface area contributed by atoms with E-state index in [2.05, 4.69) is 4.98 Å². The first kappa shape index (κ1) is 17.6. The Morgan fingerprint density at radius 2 is 1.92 bits per heavy atom. The standard InChI is InChI=1S/C21H20N2O3/c1-4-23-19-10-8-16(21(25)26)12-18(19)22-17(20(23)24)9-7-15-11-13(2)5-6-14(15)3/h5-12H,4H2,1-3H3,(H,25,26)/p-1/b9-7+. The Balaban J connectivity index is 2.17. The fourth-order valence-electron chi connectivity index (χ4n) is 2.92. The summed E-state index contributed by atoms with van der Waals surface area (Å²) in [6.45, 7) is 6.35. The van der Waals surface area contributed by atoms with Crippen molar-refractivity contribution in [3.05, 3.63) is 74.7 Å². The van der Waals surface area contributed by atoms with Crippen molar-refractivity contribution in [2.75, 3.05) is 0 Å². The molecule has 0 aliphatic heterocycles. The van der Waals surface area contributed by atoms with E-state index >= 15 is 0 Å². The second-order valence-corrected chi connectivity index (χ2v) is 6.23. The lowest BCUT2D eigenvalue weighted by atomic mass is 10.1. The minimum atomic E-state index is -1.27. The number of carbonyl (C=O) groups is 1. The summed E-state index contributed by atoms with van der Waals surface area (Å²) in [4.78, 5) is 28.2. The zero-order valence-electron chi connectivity index (χ0n) is 14.9. The van der Waals surface area contributed by atoms with Gasteiger partial charge in [-0.1, -0.05) is 35.9 Å². The fraction of sp³-hybridized carbons (Fsp3) is 0.190. The van der Waals surface area contributed by atoms with Gasteiger partial charge >= 0.3 is 0 Å². The van der Waals surface area contributed by atoms with E-state index in [-0.39, 0.29) is 16.8 Å². The zero-order chi connectivity index (χ0) is 18.8. The molecule has 3 aromatic rings. The normalized spacial score (nSPS) is 11.3. The van der Waals surface area contributed by atoms with Gasteiger partial charge < -0.3 is 14.5 Å². The average Bonchev–Trinajstić information content (AvgIpc) is 2.62. The number of hydrogen-bond donors (Lipinski definition) is 0. The molecule has 0 amide bonds. The summed E-state index contributed by atoms with van der Waals surface area (Å²) >= 11 is 0. The van der Waals surface area contributed by atoms with Crippen LogP contribution in [0, 0.1) is 13.8 Å². The molecule has 5 nitrogen and oxygen atoms in total. The molecule has 26 heavy (non-hydrogen) atoms. The SMILES string of the molecule is CCn1c(=O)c(/C=C/c2cc(C)ccc2C)nc2cc(C(=O)[O-])ccc21. The highest BCUT2D eigenvalue weighted by Gasteiger charge is 2.09. The van der Waals surface area contributed by atoms with Crippen LogP contribution in [-0.2, 0) is 6.54 Å². The maximum Gasteiger partial charge on any atom is 0.276 e. The van der Waals surface area contributed by atoms with Crippen molar-refractivity contribution in [1.29, 1.82) is 0 Å². The zero-order valence-corrected chi connectivity index (χ0v) is 14.9.